The maximum atomic E-state index is 11.0. The van der Waals surface area contributed by atoms with Crippen LogP contribution in [0.4, 0.5) is 5.82 Å². The van der Waals surface area contributed by atoms with Crippen molar-refractivity contribution in [3.63, 3.8) is 0 Å². The van der Waals surface area contributed by atoms with Gasteiger partial charge < -0.3 is 4.74 Å². The minimum absolute atomic E-state index is 0.335. The van der Waals surface area contributed by atoms with Crippen LogP contribution in [0.15, 0.2) is 12.3 Å². The topological polar surface area (TPSA) is 73.2 Å². The lowest BCUT2D eigenvalue weighted by Gasteiger charge is -1.98. The number of aromatic nitrogens is 2. The summed E-state index contributed by atoms with van der Waals surface area (Å²) in [5.74, 6) is -1.42. The van der Waals surface area contributed by atoms with E-state index in [2.05, 4.69) is 15.2 Å². The Balaban J connectivity index is 2.60. The zero-order valence-corrected chi connectivity index (χ0v) is 7.98. The lowest BCUT2D eigenvalue weighted by Crippen LogP contribution is -2.24. The van der Waals surface area contributed by atoms with Gasteiger partial charge >= 0.3 is 11.9 Å². The predicted octanol–water partition coefficient (Wildman–Crippen LogP) is 0.0145. The van der Waals surface area contributed by atoms with Crippen LogP contribution in [-0.4, -0.2) is 28.8 Å². The Kier molecular flexibility index (Phi) is 3.22. The molecule has 0 unspecified atom stereocenters. The quantitative estimate of drug-likeness (QED) is 0.535. The van der Waals surface area contributed by atoms with Gasteiger partial charge in [0.2, 0.25) is 0 Å². The van der Waals surface area contributed by atoms with Gasteiger partial charge in [0.1, 0.15) is 0 Å². The summed E-state index contributed by atoms with van der Waals surface area (Å²) in [5, 5.41) is 6.26. The number of esters is 1. The maximum absolute atomic E-state index is 11.0. The molecular formula is C8H11N3O3. The molecule has 6 heteroatoms. The van der Waals surface area contributed by atoms with Crippen LogP contribution in [0.3, 0.4) is 0 Å². The Labute approximate surface area is 80.8 Å². The molecule has 1 aromatic rings. The van der Waals surface area contributed by atoms with Crippen molar-refractivity contribution in [2.45, 2.75) is 13.5 Å². The van der Waals surface area contributed by atoms with Gasteiger partial charge in [0, 0.05) is 18.8 Å². The average Bonchev–Trinajstić information content (AvgIpc) is 2.64. The molecule has 0 aliphatic heterocycles. The van der Waals surface area contributed by atoms with E-state index < -0.39 is 11.9 Å². The van der Waals surface area contributed by atoms with Gasteiger partial charge in [0.15, 0.2) is 5.82 Å². The monoisotopic (exact) mass is 197 g/mol. The first-order valence-corrected chi connectivity index (χ1v) is 4.10. The van der Waals surface area contributed by atoms with Gasteiger partial charge in [-0.15, -0.1) is 0 Å². The number of hydrogen-bond acceptors (Lipinski definition) is 4. The van der Waals surface area contributed by atoms with E-state index in [1.54, 1.807) is 16.9 Å². The third-order valence-electron chi connectivity index (χ3n) is 1.58. The second-order valence-electron chi connectivity index (χ2n) is 2.50. The lowest BCUT2D eigenvalue weighted by atomic mass is 10.5. The summed E-state index contributed by atoms with van der Waals surface area (Å²) in [6, 6.07) is 1.60. The number of carbonyl (C=O) groups is 2. The second kappa shape index (κ2) is 4.40. The van der Waals surface area contributed by atoms with Crippen molar-refractivity contribution in [3.8, 4) is 0 Å². The highest BCUT2D eigenvalue weighted by molar-refractivity contribution is 6.37. The Morgan fingerprint density at radius 2 is 2.36 bits per heavy atom. The van der Waals surface area contributed by atoms with Gasteiger partial charge in [-0.3, -0.25) is 14.8 Å². The van der Waals surface area contributed by atoms with E-state index in [9.17, 15) is 9.59 Å². The normalized spacial score (nSPS) is 9.57. The highest BCUT2D eigenvalue weighted by Gasteiger charge is 2.14. The fourth-order valence-electron chi connectivity index (χ4n) is 0.865. The number of anilines is 1. The van der Waals surface area contributed by atoms with Gasteiger partial charge in [-0.05, 0) is 6.92 Å². The number of aryl methyl sites for hydroxylation is 1. The summed E-state index contributed by atoms with van der Waals surface area (Å²) >= 11 is 0. The number of methoxy groups -OCH3 is 1. The first kappa shape index (κ1) is 10.2. The van der Waals surface area contributed by atoms with Crippen molar-refractivity contribution in [1.82, 2.24) is 9.78 Å². The summed E-state index contributed by atoms with van der Waals surface area (Å²) in [4.78, 5) is 21.7. The van der Waals surface area contributed by atoms with E-state index in [0.29, 0.717) is 12.4 Å². The number of amides is 1. The molecule has 0 saturated heterocycles. The Bertz CT molecular complexity index is 345. The SMILES string of the molecule is CCn1ccc(NC(=O)C(=O)OC)n1. The number of nitrogens with one attached hydrogen (secondary N) is 1. The highest BCUT2D eigenvalue weighted by atomic mass is 16.5. The predicted molar refractivity (Wildman–Crippen MR) is 48.5 cm³/mol. The molecule has 0 atom stereocenters. The van der Waals surface area contributed by atoms with Crippen molar-refractivity contribution < 1.29 is 14.3 Å². The van der Waals surface area contributed by atoms with Gasteiger partial charge in [0.25, 0.3) is 0 Å². The molecule has 14 heavy (non-hydrogen) atoms. The number of nitrogens with zero attached hydrogens (tertiary/aromatic N) is 2. The van der Waals surface area contributed by atoms with Gasteiger partial charge in [-0.25, -0.2) is 4.79 Å². The number of rotatable bonds is 2. The van der Waals surface area contributed by atoms with E-state index >= 15 is 0 Å². The van der Waals surface area contributed by atoms with Gasteiger partial charge in [0.05, 0.1) is 7.11 Å². The molecule has 0 radical (unpaired) electrons. The summed E-state index contributed by atoms with van der Waals surface area (Å²) in [7, 11) is 1.15. The first-order chi connectivity index (χ1) is 6.67. The van der Waals surface area contributed by atoms with Crippen molar-refractivity contribution in [2.24, 2.45) is 0 Å². The van der Waals surface area contributed by atoms with Crippen LogP contribution in [0.1, 0.15) is 6.92 Å². The molecular weight excluding hydrogens is 186 g/mol. The number of carbonyl (C=O) groups excluding carboxylic acids is 2. The summed E-state index contributed by atoms with van der Waals surface area (Å²) in [6.45, 7) is 2.62. The molecule has 0 saturated carbocycles. The van der Waals surface area contributed by atoms with Crippen LogP contribution < -0.4 is 5.32 Å². The molecule has 0 aliphatic carbocycles. The zero-order chi connectivity index (χ0) is 10.6. The van der Waals surface area contributed by atoms with Crippen LogP contribution in [0.2, 0.25) is 0 Å². The third-order valence-corrected chi connectivity index (χ3v) is 1.58. The molecule has 76 valence electrons. The molecule has 1 aromatic heterocycles. The smallest absolute Gasteiger partial charge is 0.396 e. The van der Waals surface area contributed by atoms with Gasteiger partial charge in [-0.1, -0.05) is 0 Å². The number of hydrogen-bond donors (Lipinski definition) is 1. The van der Waals surface area contributed by atoms with Crippen LogP contribution in [-0.2, 0) is 20.9 Å². The third kappa shape index (κ3) is 2.32. The molecule has 1 N–H and O–H groups in total. The van der Waals surface area contributed by atoms with Crippen molar-refractivity contribution in [2.75, 3.05) is 12.4 Å². The van der Waals surface area contributed by atoms with Crippen molar-refractivity contribution in [1.29, 1.82) is 0 Å². The fourth-order valence-corrected chi connectivity index (χ4v) is 0.865. The molecule has 0 aromatic carbocycles. The van der Waals surface area contributed by atoms with E-state index in [1.165, 1.54) is 0 Å². The lowest BCUT2D eigenvalue weighted by molar-refractivity contribution is -0.150. The molecule has 0 bridgehead atoms. The Morgan fingerprint density at radius 3 is 2.86 bits per heavy atom. The van der Waals surface area contributed by atoms with E-state index in [0.717, 1.165) is 7.11 Å². The Morgan fingerprint density at radius 1 is 1.64 bits per heavy atom. The summed E-state index contributed by atoms with van der Waals surface area (Å²) in [5.41, 5.74) is 0. The number of ether oxygens (including phenoxy) is 1. The zero-order valence-electron chi connectivity index (χ0n) is 7.98. The van der Waals surface area contributed by atoms with Crippen molar-refractivity contribution >= 4 is 17.7 Å². The van der Waals surface area contributed by atoms with Crippen LogP contribution in [0.25, 0.3) is 0 Å². The van der Waals surface area contributed by atoms with E-state index in [1.807, 2.05) is 6.92 Å². The minimum atomic E-state index is -0.934. The molecule has 1 rings (SSSR count). The molecule has 0 fully saturated rings. The molecule has 1 amide bonds. The largest absolute Gasteiger partial charge is 0.462 e. The highest BCUT2D eigenvalue weighted by Crippen LogP contribution is 2.01. The van der Waals surface area contributed by atoms with E-state index in [4.69, 9.17) is 0 Å². The fraction of sp³-hybridized carbons (Fsp3) is 0.375. The van der Waals surface area contributed by atoms with Crippen LogP contribution >= 0.6 is 0 Å². The van der Waals surface area contributed by atoms with Crippen molar-refractivity contribution in [3.05, 3.63) is 12.3 Å². The van der Waals surface area contributed by atoms with Crippen LogP contribution in [0.5, 0.6) is 0 Å². The minimum Gasteiger partial charge on any atom is -0.462 e. The summed E-state index contributed by atoms with van der Waals surface area (Å²) in [6.07, 6.45) is 1.70. The average molecular weight is 197 g/mol. The summed E-state index contributed by atoms with van der Waals surface area (Å²) < 4.78 is 5.86. The maximum Gasteiger partial charge on any atom is 0.396 e. The first-order valence-electron chi connectivity index (χ1n) is 4.10. The molecule has 6 nitrogen and oxygen atoms in total. The van der Waals surface area contributed by atoms with E-state index in [-0.39, 0.29) is 0 Å². The van der Waals surface area contributed by atoms with Gasteiger partial charge in [-0.2, -0.15) is 5.10 Å². The molecule has 0 spiro atoms. The molecule has 0 aliphatic rings. The standard InChI is InChI=1S/C8H11N3O3/c1-3-11-5-4-6(10-11)9-7(12)8(13)14-2/h4-5H,3H2,1-2H3,(H,9,10,12). The second-order valence-corrected chi connectivity index (χ2v) is 2.50. The Hall–Kier alpha value is -1.85. The molecule has 1 heterocycles. The van der Waals surface area contributed by atoms with Crippen LogP contribution in [0, 0.1) is 0 Å².